The average molecular weight is 373 g/mol. The number of aromatic nitrogens is 3. The lowest BCUT2D eigenvalue weighted by Crippen LogP contribution is -2.45. The highest BCUT2D eigenvalue weighted by Crippen LogP contribution is 2.15. The molecule has 1 aliphatic heterocycles. The highest BCUT2D eigenvalue weighted by molar-refractivity contribution is 5.81. The first-order valence-electron chi connectivity index (χ1n) is 9.35. The number of furan rings is 1. The van der Waals surface area contributed by atoms with E-state index < -0.39 is 0 Å². The van der Waals surface area contributed by atoms with Crippen LogP contribution in [0.1, 0.15) is 33.0 Å². The van der Waals surface area contributed by atoms with E-state index in [1.54, 1.807) is 12.3 Å². The Morgan fingerprint density at radius 2 is 2.37 bits per heavy atom. The summed E-state index contributed by atoms with van der Waals surface area (Å²) in [6.45, 7) is 8.48. The minimum Gasteiger partial charge on any atom is -0.461 e. The van der Waals surface area contributed by atoms with Crippen LogP contribution in [0.25, 0.3) is 11.6 Å². The van der Waals surface area contributed by atoms with Gasteiger partial charge in [0.2, 0.25) is 11.7 Å². The maximum atomic E-state index is 12.1. The standard InChI is InChI=1S/C18H27N7O2/c1-4-19-18(21-13-7-8-25(11-13)17(26)12(2)3)20-10-15-22-16(24-23-15)14-6-5-9-27-14/h5-6,9,12-13H,4,7-8,10-11H2,1-3H3,(H2,19,20,21)(H,22,23,24). The topological polar surface area (TPSA) is 111 Å². The van der Waals surface area contributed by atoms with E-state index in [1.165, 1.54) is 0 Å². The van der Waals surface area contributed by atoms with Gasteiger partial charge >= 0.3 is 0 Å². The zero-order valence-corrected chi connectivity index (χ0v) is 16.0. The Balaban J connectivity index is 1.58. The third-order valence-corrected chi connectivity index (χ3v) is 4.34. The number of likely N-dealkylation sites (tertiary alicyclic amines) is 1. The molecule has 1 fully saturated rings. The van der Waals surface area contributed by atoms with Crippen molar-refractivity contribution in [2.24, 2.45) is 10.9 Å². The zero-order valence-electron chi connectivity index (χ0n) is 16.0. The van der Waals surface area contributed by atoms with E-state index >= 15 is 0 Å². The molecule has 0 radical (unpaired) electrons. The molecule has 1 amide bonds. The molecule has 0 spiro atoms. The van der Waals surface area contributed by atoms with Crippen LogP contribution in [-0.4, -0.2) is 57.6 Å². The summed E-state index contributed by atoms with van der Waals surface area (Å²) in [5.74, 6) is 2.72. The van der Waals surface area contributed by atoms with E-state index in [0.717, 1.165) is 19.5 Å². The van der Waals surface area contributed by atoms with Gasteiger partial charge in [-0.05, 0) is 25.5 Å². The fraction of sp³-hybridized carbons (Fsp3) is 0.556. The van der Waals surface area contributed by atoms with Crippen LogP contribution < -0.4 is 10.6 Å². The van der Waals surface area contributed by atoms with Crippen molar-refractivity contribution in [1.82, 2.24) is 30.7 Å². The van der Waals surface area contributed by atoms with Crippen LogP contribution in [0.2, 0.25) is 0 Å². The van der Waals surface area contributed by atoms with E-state index in [-0.39, 0.29) is 17.9 Å². The molecule has 1 unspecified atom stereocenters. The molecule has 1 aliphatic rings. The summed E-state index contributed by atoms with van der Waals surface area (Å²) < 4.78 is 5.29. The van der Waals surface area contributed by atoms with Crippen LogP contribution in [0.4, 0.5) is 0 Å². The summed E-state index contributed by atoms with van der Waals surface area (Å²) in [6, 6.07) is 3.80. The summed E-state index contributed by atoms with van der Waals surface area (Å²) in [5, 5.41) is 13.7. The SMILES string of the molecule is CCNC(=NCc1nc(-c2ccco2)n[nH]1)NC1CCN(C(=O)C(C)C)C1. The van der Waals surface area contributed by atoms with Crippen molar-refractivity contribution < 1.29 is 9.21 Å². The van der Waals surface area contributed by atoms with Crippen molar-refractivity contribution in [2.45, 2.75) is 39.8 Å². The van der Waals surface area contributed by atoms with E-state index in [2.05, 4.69) is 30.8 Å². The summed E-state index contributed by atoms with van der Waals surface area (Å²) >= 11 is 0. The van der Waals surface area contributed by atoms with Gasteiger partial charge in [-0.15, -0.1) is 5.10 Å². The van der Waals surface area contributed by atoms with Gasteiger partial charge in [-0.1, -0.05) is 13.8 Å². The number of aromatic amines is 1. The molecule has 3 rings (SSSR count). The van der Waals surface area contributed by atoms with Crippen molar-refractivity contribution in [2.75, 3.05) is 19.6 Å². The van der Waals surface area contributed by atoms with E-state index in [9.17, 15) is 4.79 Å². The number of carbonyl (C=O) groups excluding carboxylic acids is 1. The van der Waals surface area contributed by atoms with Gasteiger partial charge in [0, 0.05) is 31.6 Å². The van der Waals surface area contributed by atoms with Crippen LogP contribution in [-0.2, 0) is 11.3 Å². The summed E-state index contributed by atoms with van der Waals surface area (Å²) in [4.78, 5) is 23.0. The van der Waals surface area contributed by atoms with Crippen molar-refractivity contribution in [3.63, 3.8) is 0 Å². The molecule has 1 saturated heterocycles. The Morgan fingerprint density at radius 1 is 1.52 bits per heavy atom. The molecule has 9 nitrogen and oxygen atoms in total. The van der Waals surface area contributed by atoms with Gasteiger partial charge in [0.25, 0.3) is 0 Å². The van der Waals surface area contributed by atoms with Gasteiger partial charge in [-0.3, -0.25) is 9.89 Å². The molecule has 2 aromatic heterocycles. The van der Waals surface area contributed by atoms with Gasteiger partial charge in [-0.25, -0.2) is 9.98 Å². The first kappa shape index (κ1) is 18.9. The number of hydrogen-bond donors (Lipinski definition) is 3. The number of rotatable bonds is 6. The highest BCUT2D eigenvalue weighted by Gasteiger charge is 2.27. The van der Waals surface area contributed by atoms with Gasteiger partial charge in [0.15, 0.2) is 11.7 Å². The van der Waals surface area contributed by atoms with E-state index in [4.69, 9.17) is 4.42 Å². The summed E-state index contributed by atoms with van der Waals surface area (Å²) in [6.07, 6.45) is 2.50. The second-order valence-corrected chi connectivity index (χ2v) is 6.85. The van der Waals surface area contributed by atoms with Gasteiger partial charge in [0.05, 0.1) is 6.26 Å². The van der Waals surface area contributed by atoms with Gasteiger partial charge in [-0.2, -0.15) is 0 Å². The second-order valence-electron chi connectivity index (χ2n) is 6.85. The molecular weight excluding hydrogens is 346 g/mol. The first-order chi connectivity index (χ1) is 13.1. The van der Waals surface area contributed by atoms with E-state index in [0.29, 0.717) is 36.5 Å². The van der Waals surface area contributed by atoms with Crippen molar-refractivity contribution in [3.05, 3.63) is 24.2 Å². The third kappa shape index (κ3) is 4.87. The number of H-pyrrole nitrogens is 1. The Labute approximate surface area is 158 Å². The fourth-order valence-electron chi connectivity index (χ4n) is 2.99. The number of amides is 1. The number of hydrogen-bond acceptors (Lipinski definition) is 5. The normalized spacial score (nSPS) is 17.6. The lowest BCUT2D eigenvalue weighted by molar-refractivity contribution is -0.133. The maximum Gasteiger partial charge on any atom is 0.225 e. The summed E-state index contributed by atoms with van der Waals surface area (Å²) in [7, 11) is 0. The first-order valence-corrected chi connectivity index (χ1v) is 9.35. The van der Waals surface area contributed by atoms with Crippen molar-refractivity contribution in [1.29, 1.82) is 0 Å². The Kier molecular flexibility index (Phi) is 6.10. The van der Waals surface area contributed by atoms with Crippen LogP contribution in [0, 0.1) is 5.92 Å². The Bertz CT molecular complexity index is 767. The largest absolute Gasteiger partial charge is 0.461 e. The minimum absolute atomic E-state index is 0.0282. The predicted molar refractivity (Wildman–Crippen MR) is 102 cm³/mol. The van der Waals surface area contributed by atoms with Crippen molar-refractivity contribution >= 4 is 11.9 Å². The molecule has 1 atom stereocenters. The quantitative estimate of drug-likeness (QED) is 0.521. The molecule has 146 valence electrons. The summed E-state index contributed by atoms with van der Waals surface area (Å²) in [5.41, 5.74) is 0. The average Bonchev–Trinajstić information content (AvgIpc) is 3.39. The van der Waals surface area contributed by atoms with Crippen LogP contribution >= 0.6 is 0 Å². The number of carbonyl (C=O) groups is 1. The minimum atomic E-state index is 0.0282. The molecule has 0 bridgehead atoms. The molecule has 0 saturated carbocycles. The Morgan fingerprint density at radius 3 is 3.07 bits per heavy atom. The second kappa shape index (κ2) is 8.70. The third-order valence-electron chi connectivity index (χ3n) is 4.34. The Hall–Kier alpha value is -2.84. The fourth-order valence-corrected chi connectivity index (χ4v) is 2.99. The van der Waals surface area contributed by atoms with Crippen LogP contribution in [0.15, 0.2) is 27.8 Å². The molecule has 27 heavy (non-hydrogen) atoms. The van der Waals surface area contributed by atoms with Crippen molar-refractivity contribution in [3.8, 4) is 11.6 Å². The lowest BCUT2D eigenvalue weighted by Gasteiger charge is -2.20. The molecule has 3 N–H and O–H groups in total. The lowest BCUT2D eigenvalue weighted by atomic mass is 10.2. The van der Waals surface area contributed by atoms with E-state index in [1.807, 2.05) is 31.7 Å². The number of nitrogens with zero attached hydrogens (tertiary/aromatic N) is 4. The molecule has 9 heteroatoms. The maximum absolute atomic E-state index is 12.1. The molecule has 0 aromatic carbocycles. The van der Waals surface area contributed by atoms with Gasteiger partial charge in [0.1, 0.15) is 12.4 Å². The number of aliphatic imine (C=N–C) groups is 1. The smallest absolute Gasteiger partial charge is 0.225 e. The van der Waals surface area contributed by atoms with Crippen LogP contribution in [0.3, 0.4) is 0 Å². The monoisotopic (exact) mass is 373 g/mol. The highest BCUT2D eigenvalue weighted by atomic mass is 16.3. The molecule has 0 aliphatic carbocycles. The predicted octanol–water partition coefficient (Wildman–Crippen LogP) is 1.38. The molecular formula is C18H27N7O2. The zero-order chi connectivity index (χ0) is 19.2. The van der Waals surface area contributed by atoms with Gasteiger partial charge < -0.3 is 20.0 Å². The molecule has 3 heterocycles. The number of nitrogens with one attached hydrogen (secondary N) is 3. The van der Waals surface area contributed by atoms with Crippen LogP contribution in [0.5, 0.6) is 0 Å². The molecule has 2 aromatic rings. The number of guanidine groups is 1.